The van der Waals surface area contributed by atoms with Gasteiger partial charge in [0.2, 0.25) is 0 Å². The van der Waals surface area contributed by atoms with E-state index in [1.165, 1.54) is 0 Å². The standard InChI is InChI=1S/C12H18N2/c1-3-5-9-13-11-7-8-12-14-10-6-4-2/h7-8,13-14H,9-12H2,1-2H3/b8-7+. The molecule has 0 saturated heterocycles. The van der Waals surface area contributed by atoms with E-state index in [-0.39, 0.29) is 0 Å². The van der Waals surface area contributed by atoms with Crippen molar-refractivity contribution in [3.05, 3.63) is 12.2 Å². The Labute approximate surface area is 87.2 Å². The fourth-order valence-electron chi connectivity index (χ4n) is 0.779. The summed E-state index contributed by atoms with van der Waals surface area (Å²) < 4.78 is 0. The molecular formula is C12H18N2. The van der Waals surface area contributed by atoms with Crippen molar-refractivity contribution >= 4 is 0 Å². The Bertz CT molecular complexity index is 230. The van der Waals surface area contributed by atoms with Crippen LogP contribution < -0.4 is 10.6 Å². The van der Waals surface area contributed by atoms with Gasteiger partial charge in [-0.15, -0.1) is 11.8 Å². The summed E-state index contributed by atoms with van der Waals surface area (Å²) in [6.07, 6.45) is 4.17. The van der Waals surface area contributed by atoms with E-state index in [9.17, 15) is 0 Å². The van der Waals surface area contributed by atoms with E-state index in [1.54, 1.807) is 0 Å². The Morgan fingerprint density at radius 3 is 1.64 bits per heavy atom. The van der Waals surface area contributed by atoms with Crippen LogP contribution in [0.4, 0.5) is 0 Å². The maximum Gasteiger partial charge on any atom is 0.0578 e. The summed E-state index contributed by atoms with van der Waals surface area (Å²) in [5.41, 5.74) is 0. The van der Waals surface area contributed by atoms with Crippen LogP contribution in [0.25, 0.3) is 0 Å². The SMILES string of the molecule is CC#CCNC/C=C/CNCC#CC. The Morgan fingerprint density at radius 1 is 0.857 bits per heavy atom. The van der Waals surface area contributed by atoms with Crippen LogP contribution in [0.1, 0.15) is 13.8 Å². The summed E-state index contributed by atoms with van der Waals surface area (Å²) in [5, 5.41) is 6.34. The lowest BCUT2D eigenvalue weighted by Gasteiger charge is -1.94. The van der Waals surface area contributed by atoms with E-state index < -0.39 is 0 Å². The van der Waals surface area contributed by atoms with Gasteiger partial charge in [-0.1, -0.05) is 24.0 Å². The van der Waals surface area contributed by atoms with Crippen molar-refractivity contribution in [2.24, 2.45) is 0 Å². The van der Waals surface area contributed by atoms with Crippen LogP contribution in [0.5, 0.6) is 0 Å². The van der Waals surface area contributed by atoms with Gasteiger partial charge in [0, 0.05) is 13.1 Å². The summed E-state index contributed by atoms with van der Waals surface area (Å²) in [6, 6.07) is 0. The lowest BCUT2D eigenvalue weighted by molar-refractivity contribution is 0.833. The molecule has 76 valence electrons. The van der Waals surface area contributed by atoms with Gasteiger partial charge in [-0.3, -0.25) is 0 Å². The van der Waals surface area contributed by atoms with E-state index >= 15 is 0 Å². The molecule has 0 amide bonds. The minimum absolute atomic E-state index is 0.760. The summed E-state index contributed by atoms with van der Waals surface area (Å²) in [7, 11) is 0. The van der Waals surface area contributed by atoms with Crippen LogP contribution >= 0.6 is 0 Å². The summed E-state index contributed by atoms with van der Waals surface area (Å²) in [4.78, 5) is 0. The largest absolute Gasteiger partial charge is 0.303 e. The third-order valence-corrected chi connectivity index (χ3v) is 1.47. The molecule has 0 spiro atoms. The lowest BCUT2D eigenvalue weighted by atomic mass is 10.4. The van der Waals surface area contributed by atoms with Crippen molar-refractivity contribution in [1.82, 2.24) is 10.6 Å². The highest BCUT2D eigenvalue weighted by Crippen LogP contribution is 1.69. The van der Waals surface area contributed by atoms with Crippen molar-refractivity contribution in [2.75, 3.05) is 26.2 Å². The van der Waals surface area contributed by atoms with Crippen molar-refractivity contribution in [3.63, 3.8) is 0 Å². The van der Waals surface area contributed by atoms with Crippen molar-refractivity contribution in [1.29, 1.82) is 0 Å². The fourth-order valence-corrected chi connectivity index (χ4v) is 0.779. The first-order valence-electron chi connectivity index (χ1n) is 4.77. The predicted molar refractivity (Wildman–Crippen MR) is 61.8 cm³/mol. The maximum atomic E-state index is 3.17. The van der Waals surface area contributed by atoms with E-state index in [2.05, 4.69) is 46.5 Å². The first kappa shape index (κ1) is 12.8. The minimum Gasteiger partial charge on any atom is -0.303 e. The van der Waals surface area contributed by atoms with Gasteiger partial charge in [0.05, 0.1) is 13.1 Å². The van der Waals surface area contributed by atoms with Gasteiger partial charge in [0.25, 0.3) is 0 Å². The highest BCUT2D eigenvalue weighted by atomic mass is 14.8. The Balaban J connectivity index is 3.16. The molecule has 0 aliphatic heterocycles. The molecular weight excluding hydrogens is 172 g/mol. The third-order valence-electron chi connectivity index (χ3n) is 1.47. The van der Waals surface area contributed by atoms with E-state index in [0.29, 0.717) is 0 Å². The molecule has 0 unspecified atom stereocenters. The van der Waals surface area contributed by atoms with Crippen LogP contribution in [0.3, 0.4) is 0 Å². The smallest absolute Gasteiger partial charge is 0.0578 e. The second-order valence-corrected chi connectivity index (χ2v) is 2.59. The lowest BCUT2D eigenvalue weighted by Crippen LogP contribution is -2.15. The average Bonchev–Trinajstić information content (AvgIpc) is 2.21. The predicted octanol–water partition coefficient (Wildman–Crippen LogP) is 0.768. The van der Waals surface area contributed by atoms with Gasteiger partial charge in [-0.05, 0) is 13.8 Å². The van der Waals surface area contributed by atoms with Gasteiger partial charge < -0.3 is 10.6 Å². The van der Waals surface area contributed by atoms with Crippen LogP contribution in [-0.2, 0) is 0 Å². The Hall–Kier alpha value is -1.22. The first-order chi connectivity index (χ1) is 6.91. The molecule has 2 heteroatoms. The molecule has 0 aliphatic carbocycles. The van der Waals surface area contributed by atoms with Crippen molar-refractivity contribution < 1.29 is 0 Å². The molecule has 0 heterocycles. The quantitative estimate of drug-likeness (QED) is 0.367. The molecule has 0 bridgehead atoms. The molecule has 0 rings (SSSR count). The molecule has 0 aliphatic rings. The molecule has 0 fully saturated rings. The monoisotopic (exact) mass is 190 g/mol. The number of rotatable bonds is 6. The highest BCUT2D eigenvalue weighted by molar-refractivity contribution is 4.99. The zero-order valence-electron chi connectivity index (χ0n) is 8.98. The van der Waals surface area contributed by atoms with Gasteiger partial charge in [0.1, 0.15) is 0 Å². The average molecular weight is 190 g/mol. The second-order valence-electron chi connectivity index (χ2n) is 2.59. The molecule has 2 nitrogen and oxygen atoms in total. The summed E-state index contributed by atoms with van der Waals surface area (Å²) >= 11 is 0. The molecule has 0 aromatic carbocycles. The molecule has 0 atom stereocenters. The van der Waals surface area contributed by atoms with E-state index in [0.717, 1.165) is 26.2 Å². The van der Waals surface area contributed by atoms with Gasteiger partial charge in [-0.2, -0.15) is 0 Å². The van der Waals surface area contributed by atoms with Gasteiger partial charge >= 0.3 is 0 Å². The molecule has 2 N–H and O–H groups in total. The van der Waals surface area contributed by atoms with Crippen LogP contribution in [0, 0.1) is 23.7 Å². The highest BCUT2D eigenvalue weighted by Gasteiger charge is 1.78. The molecule has 14 heavy (non-hydrogen) atoms. The van der Waals surface area contributed by atoms with Crippen LogP contribution in [0.15, 0.2) is 12.2 Å². The minimum atomic E-state index is 0.760. The summed E-state index contributed by atoms with van der Waals surface area (Å²) in [5.74, 6) is 11.5. The van der Waals surface area contributed by atoms with Crippen molar-refractivity contribution in [3.8, 4) is 23.7 Å². The van der Waals surface area contributed by atoms with E-state index in [1.807, 2.05) is 13.8 Å². The maximum absolute atomic E-state index is 3.17. The molecule has 0 saturated carbocycles. The molecule has 0 aromatic heterocycles. The molecule has 0 radical (unpaired) electrons. The number of hydrogen-bond acceptors (Lipinski definition) is 2. The zero-order valence-corrected chi connectivity index (χ0v) is 8.98. The normalized spacial score (nSPS) is 9.00. The molecule has 0 aromatic rings. The first-order valence-corrected chi connectivity index (χ1v) is 4.77. The number of nitrogens with one attached hydrogen (secondary N) is 2. The second kappa shape index (κ2) is 11.8. The number of hydrogen-bond donors (Lipinski definition) is 2. The summed E-state index contributed by atoms with van der Waals surface area (Å²) in [6.45, 7) is 6.95. The third kappa shape index (κ3) is 10.8. The Morgan fingerprint density at radius 2 is 1.29 bits per heavy atom. The van der Waals surface area contributed by atoms with Gasteiger partial charge in [-0.25, -0.2) is 0 Å². The topological polar surface area (TPSA) is 24.1 Å². The zero-order chi connectivity index (χ0) is 10.5. The van der Waals surface area contributed by atoms with E-state index in [4.69, 9.17) is 0 Å². The van der Waals surface area contributed by atoms with Crippen molar-refractivity contribution in [2.45, 2.75) is 13.8 Å². The van der Waals surface area contributed by atoms with Crippen LogP contribution in [0.2, 0.25) is 0 Å². The van der Waals surface area contributed by atoms with Gasteiger partial charge in [0.15, 0.2) is 0 Å². The van der Waals surface area contributed by atoms with Crippen LogP contribution in [-0.4, -0.2) is 26.2 Å². The Kier molecular flexibility index (Phi) is 10.8. The fraction of sp³-hybridized carbons (Fsp3) is 0.500.